The van der Waals surface area contributed by atoms with Crippen LogP contribution in [0.5, 0.6) is 0 Å². The van der Waals surface area contributed by atoms with E-state index in [1.807, 2.05) is 31.4 Å². The highest BCUT2D eigenvalue weighted by molar-refractivity contribution is 14.0. The SMILES string of the molecule is CN=C(NCC(C)CN1CCCCC1)N(C)Cc1ncc(-c2ccccc2)[nH]1.I. The van der Waals surface area contributed by atoms with Crippen molar-refractivity contribution in [3.8, 4) is 11.3 Å². The first kappa shape index (κ1) is 23.7. The average molecular weight is 510 g/mol. The number of rotatable bonds is 7. The Morgan fingerprint density at radius 2 is 1.97 bits per heavy atom. The van der Waals surface area contributed by atoms with Crippen LogP contribution in [0.25, 0.3) is 11.3 Å². The lowest BCUT2D eigenvalue weighted by Crippen LogP contribution is -2.43. The molecule has 0 spiro atoms. The number of imidazole rings is 1. The van der Waals surface area contributed by atoms with Crippen LogP contribution in [0.4, 0.5) is 0 Å². The Hall–Kier alpha value is -1.61. The quantitative estimate of drug-likeness (QED) is 0.338. The Bertz CT molecular complexity index is 739. The van der Waals surface area contributed by atoms with Gasteiger partial charge in [0.05, 0.1) is 18.4 Å². The molecular weight excluding hydrogens is 475 g/mol. The summed E-state index contributed by atoms with van der Waals surface area (Å²) in [6, 6.07) is 10.3. The fraction of sp³-hybridized carbons (Fsp3) is 0.545. The minimum atomic E-state index is 0. The topological polar surface area (TPSA) is 59.6 Å². The Morgan fingerprint density at radius 1 is 1.24 bits per heavy atom. The number of nitrogens with zero attached hydrogens (tertiary/aromatic N) is 4. The zero-order valence-corrected chi connectivity index (χ0v) is 20.2. The molecule has 1 unspecified atom stereocenters. The van der Waals surface area contributed by atoms with E-state index in [-0.39, 0.29) is 24.0 Å². The van der Waals surface area contributed by atoms with Crippen LogP contribution < -0.4 is 5.32 Å². The van der Waals surface area contributed by atoms with Crippen molar-refractivity contribution >= 4 is 29.9 Å². The summed E-state index contributed by atoms with van der Waals surface area (Å²) in [6.45, 7) is 7.59. The van der Waals surface area contributed by atoms with E-state index in [0.717, 1.165) is 36.1 Å². The van der Waals surface area contributed by atoms with Crippen molar-refractivity contribution in [3.63, 3.8) is 0 Å². The van der Waals surface area contributed by atoms with E-state index in [4.69, 9.17) is 0 Å². The third-order valence-corrected chi connectivity index (χ3v) is 5.30. The average Bonchev–Trinajstić information content (AvgIpc) is 3.18. The Labute approximate surface area is 192 Å². The monoisotopic (exact) mass is 510 g/mol. The molecule has 0 amide bonds. The second-order valence-electron chi connectivity index (χ2n) is 7.86. The summed E-state index contributed by atoms with van der Waals surface area (Å²) in [7, 11) is 3.89. The van der Waals surface area contributed by atoms with E-state index in [2.05, 4.69) is 56.2 Å². The first-order valence-corrected chi connectivity index (χ1v) is 10.4. The molecule has 6 nitrogen and oxygen atoms in total. The van der Waals surface area contributed by atoms with E-state index in [0.29, 0.717) is 12.5 Å². The molecule has 29 heavy (non-hydrogen) atoms. The molecule has 2 N–H and O–H groups in total. The number of hydrogen-bond acceptors (Lipinski definition) is 3. The van der Waals surface area contributed by atoms with Crippen LogP contribution in [0.15, 0.2) is 41.5 Å². The highest BCUT2D eigenvalue weighted by atomic mass is 127. The number of benzene rings is 1. The van der Waals surface area contributed by atoms with Crippen molar-refractivity contribution in [1.29, 1.82) is 0 Å². The second-order valence-corrected chi connectivity index (χ2v) is 7.86. The first-order chi connectivity index (χ1) is 13.7. The molecule has 160 valence electrons. The third-order valence-electron chi connectivity index (χ3n) is 5.30. The van der Waals surface area contributed by atoms with Gasteiger partial charge in [-0.25, -0.2) is 4.98 Å². The van der Waals surface area contributed by atoms with Crippen LogP contribution in [0, 0.1) is 5.92 Å². The molecule has 1 aromatic heterocycles. The summed E-state index contributed by atoms with van der Waals surface area (Å²) in [6.07, 6.45) is 5.98. The Morgan fingerprint density at radius 3 is 2.66 bits per heavy atom. The zero-order chi connectivity index (χ0) is 19.8. The number of aliphatic imine (C=N–C) groups is 1. The van der Waals surface area contributed by atoms with Crippen molar-refractivity contribution in [2.45, 2.75) is 32.7 Å². The lowest BCUT2D eigenvalue weighted by Gasteiger charge is -2.30. The van der Waals surface area contributed by atoms with Crippen molar-refractivity contribution in [3.05, 3.63) is 42.4 Å². The highest BCUT2D eigenvalue weighted by Crippen LogP contribution is 2.16. The van der Waals surface area contributed by atoms with Crippen LogP contribution in [0.2, 0.25) is 0 Å². The van der Waals surface area contributed by atoms with E-state index < -0.39 is 0 Å². The number of hydrogen-bond donors (Lipinski definition) is 2. The largest absolute Gasteiger partial charge is 0.356 e. The molecule has 3 rings (SSSR count). The van der Waals surface area contributed by atoms with Crippen LogP contribution in [0.3, 0.4) is 0 Å². The number of piperidine rings is 1. The standard InChI is InChI=1S/C22H34N6.HI/c1-18(16-28-12-8-5-9-13-28)14-25-22(23-2)27(3)17-21-24-15-20(26-21)19-10-6-4-7-11-19;/h4,6-7,10-11,15,18H,5,8-9,12-14,16-17H2,1-3H3,(H,23,25)(H,24,26);1H. The molecule has 7 heteroatoms. The number of halogens is 1. The van der Waals surface area contributed by atoms with Crippen molar-refractivity contribution in [1.82, 2.24) is 25.1 Å². The summed E-state index contributed by atoms with van der Waals surface area (Å²) >= 11 is 0. The van der Waals surface area contributed by atoms with E-state index in [9.17, 15) is 0 Å². The number of H-pyrrole nitrogens is 1. The zero-order valence-electron chi connectivity index (χ0n) is 17.9. The molecule has 1 fully saturated rings. The molecular formula is C22H35IN6. The van der Waals surface area contributed by atoms with Crippen LogP contribution >= 0.6 is 24.0 Å². The molecule has 1 aliphatic heterocycles. The summed E-state index contributed by atoms with van der Waals surface area (Å²) in [5.74, 6) is 2.44. The maximum Gasteiger partial charge on any atom is 0.193 e. The fourth-order valence-corrected chi connectivity index (χ4v) is 3.80. The van der Waals surface area contributed by atoms with Crippen molar-refractivity contribution < 1.29 is 0 Å². The Kier molecular flexibility index (Phi) is 9.93. The molecule has 2 heterocycles. The van der Waals surface area contributed by atoms with Crippen molar-refractivity contribution in [2.75, 3.05) is 40.3 Å². The normalized spacial score (nSPS) is 16.2. The highest BCUT2D eigenvalue weighted by Gasteiger charge is 2.15. The molecule has 1 aliphatic rings. The maximum atomic E-state index is 4.54. The fourth-order valence-electron chi connectivity index (χ4n) is 3.80. The van der Waals surface area contributed by atoms with Gasteiger partial charge in [-0.2, -0.15) is 0 Å². The molecule has 2 aromatic rings. The molecule has 0 saturated carbocycles. The predicted molar refractivity (Wildman–Crippen MR) is 132 cm³/mol. The summed E-state index contributed by atoms with van der Waals surface area (Å²) in [5.41, 5.74) is 2.19. The number of likely N-dealkylation sites (tertiary alicyclic amines) is 1. The summed E-state index contributed by atoms with van der Waals surface area (Å²) in [5, 5.41) is 3.52. The minimum absolute atomic E-state index is 0. The van der Waals surface area contributed by atoms with Gasteiger partial charge in [0, 0.05) is 27.2 Å². The number of nitrogens with one attached hydrogen (secondary N) is 2. The lowest BCUT2D eigenvalue weighted by molar-refractivity contribution is 0.200. The van der Waals surface area contributed by atoms with Gasteiger partial charge in [-0.3, -0.25) is 4.99 Å². The molecule has 0 radical (unpaired) electrons. The first-order valence-electron chi connectivity index (χ1n) is 10.4. The summed E-state index contributed by atoms with van der Waals surface area (Å²) < 4.78 is 0. The molecule has 0 aliphatic carbocycles. The number of guanidine groups is 1. The van der Waals surface area contributed by atoms with Gasteiger partial charge in [0.15, 0.2) is 5.96 Å². The third kappa shape index (κ3) is 7.29. The molecule has 1 atom stereocenters. The van der Waals surface area contributed by atoms with Gasteiger partial charge in [0.1, 0.15) is 5.82 Å². The minimum Gasteiger partial charge on any atom is -0.356 e. The van der Waals surface area contributed by atoms with E-state index in [1.165, 1.54) is 32.4 Å². The van der Waals surface area contributed by atoms with E-state index >= 15 is 0 Å². The molecule has 1 aromatic carbocycles. The van der Waals surface area contributed by atoms with Crippen LogP contribution in [-0.2, 0) is 6.54 Å². The van der Waals surface area contributed by atoms with Gasteiger partial charge < -0.3 is 20.1 Å². The maximum absolute atomic E-state index is 4.54. The van der Waals surface area contributed by atoms with Crippen LogP contribution in [0.1, 0.15) is 32.0 Å². The summed E-state index contributed by atoms with van der Waals surface area (Å²) in [4.78, 5) is 17.1. The second kappa shape index (κ2) is 12.2. The number of aromatic amines is 1. The Balaban J connectivity index is 0.00000300. The van der Waals surface area contributed by atoms with Crippen LogP contribution in [-0.4, -0.2) is 66.0 Å². The molecule has 1 saturated heterocycles. The predicted octanol–water partition coefficient (Wildman–Crippen LogP) is 3.82. The number of aromatic nitrogens is 2. The van der Waals surface area contributed by atoms with Gasteiger partial charge in [-0.15, -0.1) is 24.0 Å². The van der Waals surface area contributed by atoms with Gasteiger partial charge in [-0.05, 0) is 37.4 Å². The smallest absolute Gasteiger partial charge is 0.193 e. The van der Waals surface area contributed by atoms with Gasteiger partial charge >= 0.3 is 0 Å². The van der Waals surface area contributed by atoms with Gasteiger partial charge in [0.25, 0.3) is 0 Å². The lowest BCUT2D eigenvalue weighted by atomic mass is 10.1. The molecule has 0 bridgehead atoms. The van der Waals surface area contributed by atoms with E-state index in [1.54, 1.807) is 0 Å². The van der Waals surface area contributed by atoms with Gasteiger partial charge in [0.2, 0.25) is 0 Å². The van der Waals surface area contributed by atoms with Gasteiger partial charge in [-0.1, -0.05) is 43.7 Å². The van der Waals surface area contributed by atoms with Crippen molar-refractivity contribution in [2.24, 2.45) is 10.9 Å².